The fourth-order valence-electron chi connectivity index (χ4n) is 3.40. The highest BCUT2D eigenvalue weighted by atomic mass is 32.1. The molecule has 0 spiro atoms. The van der Waals surface area contributed by atoms with Gasteiger partial charge in [-0.15, -0.1) is 26.6 Å². The lowest BCUT2D eigenvalue weighted by molar-refractivity contribution is -0.146. The summed E-state index contributed by atoms with van der Waals surface area (Å²) in [4.78, 5) is 7.89. The lowest BCUT2D eigenvalue weighted by Gasteiger charge is -2.20. The van der Waals surface area contributed by atoms with Crippen LogP contribution in [0.5, 0.6) is 0 Å². The summed E-state index contributed by atoms with van der Waals surface area (Å²) < 4.78 is 40.4. The quantitative estimate of drug-likeness (QED) is 0.675. The first-order chi connectivity index (χ1) is 12.8. The molecular formula is C17H19F3N6S. The van der Waals surface area contributed by atoms with Crippen molar-refractivity contribution in [1.82, 2.24) is 24.8 Å². The monoisotopic (exact) mass is 396 g/mol. The number of hydrogen-bond donors (Lipinski definition) is 0. The summed E-state index contributed by atoms with van der Waals surface area (Å²) in [5.74, 6) is -0.640. The lowest BCUT2D eigenvalue weighted by atomic mass is 10.0. The van der Waals surface area contributed by atoms with Gasteiger partial charge in [0, 0.05) is 23.1 Å². The van der Waals surface area contributed by atoms with E-state index in [0.29, 0.717) is 17.9 Å². The Morgan fingerprint density at radius 2 is 1.85 bits per heavy atom. The van der Waals surface area contributed by atoms with Crippen molar-refractivity contribution >= 4 is 22.8 Å². The molecule has 27 heavy (non-hydrogen) atoms. The van der Waals surface area contributed by atoms with Crippen molar-refractivity contribution in [3.63, 3.8) is 0 Å². The van der Waals surface area contributed by atoms with E-state index >= 15 is 0 Å². The fourth-order valence-corrected chi connectivity index (χ4v) is 4.61. The summed E-state index contributed by atoms with van der Waals surface area (Å²) in [6.07, 6.45) is -0.189. The van der Waals surface area contributed by atoms with Gasteiger partial charge in [-0.1, -0.05) is 0 Å². The summed E-state index contributed by atoms with van der Waals surface area (Å²) in [5, 5.41) is 12.1. The van der Waals surface area contributed by atoms with Gasteiger partial charge in [-0.05, 0) is 39.5 Å². The Bertz CT molecular complexity index is 983. The number of hydrogen-bond acceptors (Lipinski definition) is 6. The third kappa shape index (κ3) is 3.15. The Hall–Kier alpha value is -2.23. The molecule has 6 nitrogen and oxygen atoms in total. The molecule has 3 aromatic rings. The van der Waals surface area contributed by atoms with Crippen molar-refractivity contribution in [2.75, 3.05) is 11.9 Å². The van der Waals surface area contributed by atoms with Crippen LogP contribution in [0.3, 0.4) is 0 Å². The van der Waals surface area contributed by atoms with Gasteiger partial charge in [0.1, 0.15) is 5.01 Å². The first kappa shape index (κ1) is 18.1. The summed E-state index contributed by atoms with van der Waals surface area (Å²) in [7, 11) is 1.82. The average molecular weight is 396 g/mol. The smallest absolute Gasteiger partial charge is 0.351 e. The molecule has 0 fully saturated rings. The van der Waals surface area contributed by atoms with Crippen LogP contribution < -0.4 is 4.90 Å². The number of aromatic nitrogens is 5. The predicted molar refractivity (Wildman–Crippen MR) is 96.1 cm³/mol. The number of fused-ring (bicyclic) bond motifs is 2. The molecule has 0 saturated carbocycles. The maximum Gasteiger partial charge on any atom is 0.453 e. The summed E-state index contributed by atoms with van der Waals surface area (Å²) >= 11 is 1.69. The molecule has 10 heteroatoms. The van der Waals surface area contributed by atoms with Gasteiger partial charge in [0.2, 0.25) is 0 Å². The summed E-state index contributed by atoms with van der Waals surface area (Å²) in [6, 6.07) is 0. The fraction of sp³-hybridized carbons (Fsp3) is 0.529. The minimum absolute atomic E-state index is 0.127. The highest BCUT2D eigenvalue weighted by Crippen LogP contribution is 2.32. The van der Waals surface area contributed by atoms with Crippen LogP contribution in [-0.4, -0.2) is 31.8 Å². The Morgan fingerprint density at radius 1 is 1.11 bits per heavy atom. The Labute approximate surface area is 158 Å². The van der Waals surface area contributed by atoms with Gasteiger partial charge >= 0.3 is 6.18 Å². The Kier molecular flexibility index (Phi) is 4.32. The minimum atomic E-state index is -4.61. The first-order valence-electron chi connectivity index (χ1n) is 8.74. The molecule has 1 aliphatic carbocycles. The molecule has 0 radical (unpaired) electrons. The summed E-state index contributed by atoms with van der Waals surface area (Å²) in [6.45, 7) is 4.07. The van der Waals surface area contributed by atoms with Crippen molar-refractivity contribution in [3.8, 4) is 0 Å². The molecular weight excluding hydrogens is 377 g/mol. The van der Waals surface area contributed by atoms with Gasteiger partial charge in [-0.2, -0.15) is 17.7 Å². The van der Waals surface area contributed by atoms with Gasteiger partial charge in [0.15, 0.2) is 11.5 Å². The number of anilines is 1. The number of alkyl halides is 3. The zero-order chi connectivity index (χ0) is 19.3. The SMILES string of the molecule is Cc1c(N(C)Cc2nc3c(s2)CCCC3)nn2c(C(F)(F)F)nnc2c1C. The molecule has 3 heterocycles. The van der Waals surface area contributed by atoms with E-state index in [2.05, 4.69) is 15.3 Å². The highest BCUT2D eigenvalue weighted by Gasteiger charge is 2.38. The Balaban J connectivity index is 1.71. The zero-order valence-electron chi connectivity index (χ0n) is 15.3. The largest absolute Gasteiger partial charge is 0.453 e. The molecule has 0 amide bonds. The molecule has 3 aromatic heterocycles. The first-order valence-corrected chi connectivity index (χ1v) is 9.55. The van der Waals surface area contributed by atoms with Crippen LogP contribution in [0.2, 0.25) is 0 Å². The molecule has 1 aliphatic rings. The number of aryl methyl sites for hydroxylation is 3. The van der Waals surface area contributed by atoms with E-state index in [4.69, 9.17) is 4.98 Å². The average Bonchev–Trinajstić information content (AvgIpc) is 3.20. The van der Waals surface area contributed by atoms with Crippen molar-refractivity contribution < 1.29 is 13.2 Å². The Morgan fingerprint density at radius 3 is 2.56 bits per heavy atom. The standard InChI is InChI=1S/C17H19F3N6S/c1-9-10(2)15(24-26-14(9)22-23-16(26)17(18,19)20)25(3)8-13-21-11-6-4-5-7-12(11)27-13/h4-8H2,1-3H3. The van der Waals surface area contributed by atoms with Crippen molar-refractivity contribution in [3.05, 3.63) is 32.5 Å². The van der Waals surface area contributed by atoms with Gasteiger partial charge in [0.05, 0.1) is 12.2 Å². The molecule has 0 aromatic carbocycles. The van der Waals surface area contributed by atoms with E-state index in [1.807, 2.05) is 18.9 Å². The number of nitrogens with zero attached hydrogens (tertiary/aromatic N) is 6. The second-order valence-electron chi connectivity index (χ2n) is 6.87. The molecule has 0 atom stereocenters. The summed E-state index contributed by atoms with van der Waals surface area (Å²) in [5.41, 5.74) is 2.71. The lowest BCUT2D eigenvalue weighted by Crippen LogP contribution is -2.22. The molecule has 0 aliphatic heterocycles. The van der Waals surface area contributed by atoms with Gasteiger partial charge < -0.3 is 4.90 Å². The van der Waals surface area contributed by atoms with Crippen LogP contribution in [0.1, 0.15) is 45.4 Å². The maximum absolute atomic E-state index is 13.2. The van der Waals surface area contributed by atoms with E-state index in [-0.39, 0.29) is 5.65 Å². The van der Waals surface area contributed by atoms with Crippen molar-refractivity contribution in [2.45, 2.75) is 52.3 Å². The van der Waals surface area contributed by atoms with Gasteiger partial charge in [-0.3, -0.25) is 0 Å². The van der Waals surface area contributed by atoms with Crippen LogP contribution >= 0.6 is 11.3 Å². The highest BCUT2D eigenvalue weighted by molar-refractivity contribution is 7.11. The predicted octanol–water partition coefficient (Wildman–Crippen LogP) is 3.73. The van der Waals surface area contributed by atoms with Crippen LogP contribution in [-0.2, 0) is 25.6 Å². The van der Waals surface area contributed by atoms with E-state index in [9.17, 15) is 13.2 Å². The molecule has 0 N–H and O–H groups in total. The van der Waals surface area contributed by atoms with E-state index in [1.165, 1.54) is 17.0 Å². The molecule has 0 bridgehead atoms. The molecule has 4 rings (SSSR count). The normalized spacial score (nSPS) is 14.6. The van der Waals surface area contributed by atoms with Crippen molar-refractivity contribution in [2.24, 2.45) is 0 Å². The number of thiazole rings is 1. The zero-order valence-corrected chi connectivity index (χ0v) is 16.1. The van der Waals surface area contributed by atoms with Gasteiger partial charge in [0.25, 0.3) is 5.82 Å². The van der Waals surface area contributed by atoms with Crippen LogP contribution in [0.25, 0.3) is 5.65 Å². The van der Waals surface area contributed by atoms with Crippen LogP contribution in [0.15, 0.2) is 0 Å². The maximum atomic E-state index is 13.2. The van der Waals surface area contributed by atoms with Gasteiger partial charge in [-0.25, -0.2) is 4.98 Å². The topological polar surface area (TPSA) is 59.2 Å². The third-order valence-electron chi connectivity index (χ3n) is 4.95. The van der Waals surface area contributed by atoms with Crippen molar-refractivity contribution in [1.29, 1.82) is 0 Å². The number of halogens is 3. The van der Waals surface area contributed by atoms with E-state index < -0.39 is 12.0 Å². The van der Waals surface area contributed by atoms with Crippen LogP contribution in [0.4, 0.5) is 19.0 Å². The number of rotatable bonds is 3. The van der Waals surface area contributed by atoms with Crippen LogP contribution in [0, 0.1) is 13.8 Å². The molecule has 0 saturated heterocycles. The minimum Gasteiger partial charge on any atom is -0.351 e. The molecule has 144 valence electrons. The van der Waals surface area contributed by atoms with E-state index in [0.717, 1.165) is 34.3 Å². The second-order valence-corrected chi connectivity index (χ2v) is 8.04. The third-order valence-corrected chi connectivity index (χ3v) is 6.09. The second kappa shape index (κ2) is 6.43. The van der Waals surface area contributed by atoms with E-state index in [1.54, 1.807) is 18.3 Å². The molecule has 0 unspecified atom stereocenters.